The molecule has 1 atom stereocenters. The van der Waals surface area contributed by atoms with Crippen LogP contribution in [0.4, 0.5) is 0 Å². The van der Waals surface area contributed by atoms with Crippen LogP contribution in [-0.2, 0) is 4.74 Å². The molecule has 0 saturated carbocycles. The summed E-state index contributed by atoms with van der Waals surface area (Å²) in [5.41, 5.74) is 1.03. The Labute approximate surface area is 115 Å². The van der Waals surface area contributed by atoms with E-state index in [0.717, 1.165) is 18.0 Å². The zero-order valence-corrected chi connectivity index (χ0v) is 12.2. The minimum Gasteiger partial charge on any atom is -0.486 e. The highest BCUT2D eigenvalue weighted by molar-refractivity contribution is 5.44. The van der Waals surface area contributed by atoms with Gasteiger partial charge >= 0.3 is 0 Å². The third-order valence-electron chi connectivity index (χ3n) is 3.45. The molecule has 1 aromatic rings. The van der Waals surface area contributed by atoms with Crippen molar-refractivity contribution in [3.05, 3.63) is 23.8 Å². The van der Waals surface area contributed by atoms with Crippen LogP contribution in [0.3, 0.4) is 0 Å². The first-order chi connectivity index (χ1) is 9.02. The minimum atomic E-state index is -0.165. The standard InChI is InChI=1S/C15H23NO3/c1-11(16-10-15(2,3)17-4)12-5-6-13-14(9-12)19-8-7-18-13/h5-6,9,11,16H,7-8,10H2,1-4H3. The Kier molecular flexibility index (Phi) is 4.32. The maximum absolute atomic E-state index is 5.60. The van der Waals surface area contributed by atoms with Gasteiger partial charge in [-0.1, -0.05) is 6.07 Å². The second-order valence-electron chi connectivity index (χ2n) is 5.47. The molecular weight excluding hydrogens is 242 g/mol. The molecule has 1 aromatic carbocycles. The third-order valence-corrected chi connectivity index (χ3v) is 3.45. The summed E-state index contributed by atoms with van der Waals surface area (Å²) in [5, 5.41) is 3.48. The number of methoxy groups -OCH3 is 1. The SMILES string of the molecule is COC(C)(C)CNC(C)c1ccc2c(c1)OCCO2. The molecule has 4 nitrogen and oxygen atoms in total. The van der Waals surface area contributed by atoms with Gasteiger partial charge in [0.1, 0.15) is 13.2 Å². The lowest BCUT2D eigenvalue weighted by Gasteiger charge is -2.26. The first kappa shape index (κ1) is 14.2. The molecule has 2 rings (SSSR count). The van der Waals surface area contributed by atoms with Gasteiger partial charge in [0.15, 0.2) is 11.5 Å². The molecule has 0 saturated heterocycles. The molecule has 0 spiro atoms. The van der Waals surface area contributed by atoms with Gasteiger partial charge in [-0.25, -0.2) is 0 Å². The summed E-state index contributed by atoms with van der Waals surface area (Å²) >= 11 is 0. The van der Waals surface area contributed by atoms with Gasteiger partial charge < -0.3 is 19.5 Å². The topological polar surface area (TPSA) is 39.7 Å². The first-order valence-electron chi connectivity index (χ1n) is 6.70. The second-order valence-corrected chi connectivity index (χ2v) is 5.47. The van der Waals surface area contributed by atoms with E-state index in [1.165, 1.54) is 5.56 Å². The molecule has 1 heterocycles. The number of rotatable bonds is 5. The molecule has 0 aliphatic carbocycles. The molecule has 1 N–H and O–H groups in total. The summed E-state index contributed by atoms with van der Waals surface area (Å²) in [5.74, 6) is 1.67. The van der Waals surface area contributed by atoms with Crippen molar-refractivity contribution in [3.63, 3.8) is 0 Å². The Bertz CT molecular complexity index is 431. The Balaban J connectivity index is 2.01. The average molecular weight is 265 g/mol. The van der Waals surface area contributed by atoms with Gasteiger partial charge in [0.25, 0.3) is 0 Å². The third kappa shape index (κ3) is 3.61. The number of nitrogens with one attached hydrogen (secondary N) is 1. The average Bonchev–Trinajstić information content (AvgIpc) is 2.44. The largest absolute Gasteiger partial charge is 0.486 e. The minimum absolute atomic E-state index is 0.165. The van der Waals surface area contributed by atoms with Crippen LogP contribution in [0.25, 0.3) is 0 Å². The van der Waals surface area contributed by atoms with Crippen molar-refractivity contribution < 1.29 is 14.2 Å². The smallest absolute Gasteiger partial charge is 0.161 e. The normalized spacial score (nSPS) is 16.2. The van der Waals surface area contributed by atoms with Crippen molar-refractivity contribution in [2.45, 2.75) is 32.4 Å². The van der Waals surface area contributed by atoms with E-state index in [4.69, 9.17) is 14.2 Å². The van der Waals surface area contributed by atoms with E-state index in [1.54, 1.807) is 7.11 Å². The van der Waals surface area contributed by atoms with E-state index >= 15 is 0 Å². The summed E-state index contributed by atoms with van der Waals surface area (Å²) in [6.07, 6.45) is 0. The summed E-state index contributed by atoms with van der Waals surface area (Å²) in [6, 6.07) is 6.34. The molecule has 4 heteroatoms. The van der Waals surface area contributed by atoms with Gasteiger partial charge in [-0.15, -0.1) is 0 Å². The van der Waals surface area contributed by atoms with Gasteiger partial charge in [-0.2, -0.15) is 0 Å². The molecule has 1 aliphatic rings. The van der Waals surface area contributed by atoms with Crippen molar-refractivity contribution in [3.8, 4) is 11.5 Å². The fourth-order valence-electron chi connectivity index (χ4n) is 1.92. The zero-order chi connectivity index (χ0) is 13.9. The zero-order valence-electron chi connectivity index (χ0n) is 12.2. The monoisotopic (exact) mass is 265 g/mol. The molecule has 0 aromatic heterocycles. The Morgan fingerprint density at radius 2 is 1.95 bits per heavy atom. The fourth-order valence-corrected chi connectivity index (χ4v) is 1.92. The molecule has 0 radical (unpaired) electrons. The van der Waals surface area contributed by atoms with Crippen molar-refractivity contribution in [2.75, 3.05) is 26.9 Å². The van der Waals surface area contributed by atoms with E-state index in [0.29, 0.717) is 13.2 Å². The van der Waals surface area contributed by atoms with Crippen LogP contribution in [-0.4, -0.2) is 32.5 Å². The number of hydrogen-bond acceptors (Lipinski definition) is 4. The van der Waals surface area contributed by atoms with Crippen molar-refractivity contribution in [2.24, 2.45) is 0 Å². The maximum Gasteiger partial charge on any atom is 0.161 e. The summed E-state index contributed by atoms with van der Waals surface area (Å²) in [7, 11) is 1.73. The number of hydrogen-bond donors (Lipinski definition) is 1. The Hall–Kier alpha value is -1.26. The fraction of sp³-hybridized carbons (Fsp3) is 0.600. The van der Waals surface area contributed by atoms with Gasteiger partial charge in [0.2, 0.25) is 0 Å². The van der Waals surface area contributed by atoms with Gasteiger partial charge in [-0.05, 0) is 38.5 Å². The number of benzene rings is 1. The predicted molar refractivity (Wildman–Crippen MR) is 74.9 cm³/mol. The molecule has 19 heavy (non-hydrogen) atoms. The van der Waals surface area contributed by atoms with Crippen LogP contribution in [0.15, 0.2) is 18.2 Å². The summed E-state index contributed by atoms with van der Waals surface area (Å²) in [4.78, 5) is 0. The molecule has 1 unspecified atom stereocenters. The van der Waals surface area contributed by atoms with E-state index in [-0.39, 0.29) is 11.6 Å². The van der Waals surface area contributed by atoms with E-state index in [2.05, 4.69) is 32.2 Å². The van der Waals surface area contributed by atoms with Crippen LogP contribution in [0.5, 0.6) is 11.5 Å². The lowest BCUT2D eigenvalue weighted by molar-refractivity contribution is 0.0214. The molecule has 0 amide bonds. The van der Waals surface area contributed by atoms with Crippen molar-refractivity contribution in [1.29, 1.82) is 0 Å². The van der Waals surface area contributed by atoms with Gasteiger partial charge in [0.05, 0.1) is 5.60 Å². The van der Waals surface area contributed by atoms with E-state index in [1.807, 2.05) is 12.1 Å². The molecule has 0 fully saturated rings. The van der Waals surface area contributed by atoms with Crippen LogP contribution < -0.4 is 14.8 Å². The highest BCUT2D eigenvalue weighted by atomic mass is 16.6. The van der Waals surface area contributed by atoms with Crippen LogP contribution in [0.1, 0.15) is 32.4 Å². The predicted octanol–water partition coefficient (Wildman–Crippen LogP) is 2.53. The molecular formula is C15H23NO3. The Morgan fingerprint density at radius 3 is 2.63 bits per heavy atom. The summed E-state index contributed by atoms with van der Waals surface area (Å²) in [6.45, 7) is 8.31. The van der Waals surface area contributed by atoms with Gasteiger partial charge in [-0.3, -0.25) is 0 Å². The van der Waals surface area contributed by atoms with Crippen LogP contribution >= 0.6 is 0 Å². The van der Waals surface area contributed by atoms with Crippen LogP contribution in [0, 0.1) is 0 Å². The molecule has 106 valence electrons. The quantitative estimate of drug-likeness (QED) is 0.888. The Morgan fingerprint density at radius 1 is 1.26 bits per heavy atom. The second kappa shape index (κ2) is 5.80. The molecule has 1 aliphatic heterocycles. The van der Waals surface area contributed by atoms with Crippen molar-refractivity contribution in [1.82, 2.24) is 5.32 Å². The number of ether oxygens (including phenoxy) is 3. The van der Waals surface area contributed by atoms with Crippen LogP contribution in [0.2, 0.25) is 0 Å². The highest BCUT2D eigenvalue weighted by Gasteiger charge is 2.19. The highest BCUT2D eigenvalue weighted by Crippen LogP contribution is 2.32. The number of fused-ring (bicyclic) bond motifs is 1. The first-order valence-corrected chi connectivity index (χ1v) is 6.70. The maximum atomic E-state index is 5.60. The lowest BCUT2D eigenvalue weighted by atomic mass is 10.1. The van der Waals surface area contributed by atoms with E-state index < -0.39 is 0 Å². The van der Waals surface area contributed by atoms with Gasteiger partial charge in [0, 0.05) is 19.7 Å². The van der Waals surface area contributed by atoms with E-state index in [9.17, 15) is 0 Å². The summed E-state index contributed by atoms with van der Waals surface area (Å²) < 4.78 is 16.5. The molecule has 0 bridgehead atoms. The lowest BCUT2D eigenvalue weighted by Crippen LogP contribution is -2.37. The van der Waals surface area contributed by atoms with Crippen molar-refractivity contribution >= 4 is 0 Å².